The van der Waals surface area contributed by atoms with E-state index in [2.05, 4.69) is 27.5 Å². The minimum Gasteiger partial charge on any atom is -0.317 e. The molecule has 1 heterocycles. The Bertz CT molecular complexity index is 251. The predicted molar refractivity (Wildman–Crippen MR) is 45.7 cm³/mol. The van der Waals surface area contributed by atoms with E-state index in [-0.39, 0.29) is 11.8 Å². The van der Waals surface area contributed by atoms with Gasteiger partial charge >= 0.3 is 6.09 Å². The van der Waals surface area contributed by atoms with E-state index < -0.39 is 6.09 Å². The van der Waals surface area contributed by atoms with Crippen LogP contribution < -0.4 is 5.32 Å². The fourth-order valence-corrected chi connectivity index (χ4v) is 1.39. The smallest absolute Gasteiger partial charge is 0.317 e. The van der Waals surface area contributed by atoms with Crippen LogP contribution in [-0.4, -0.2) is 22.2 Å². The molecule has 1 atom stereocenters. The Balaban J connectivity index is 2.39. The van der Waals surface area contributed by atoms with Gasteiger partial charge < -0.3 is 5.32 Å². The quantitative estimate of drug-likeness (QED) is 0.710. The van der Waals surface area contributed by atoms with Crippen molar-refractivity contribution in [3.63, 3.8) is 0 Å². The summed E-state index contributed by atoms with van der Waals surface area (Å²) in [6, 6.07) is 0. The Labute approximate surface area is 78.4 Å². The molecule has 0 aliphatic heterocycles. The lowest BCUT2D eigenvalue weighted by Crippen LogP contribution is -2.23. The van der Waals surface area contributed by atoms with Gasteiger partial charge in [0.1, 0.15) is 0 Å². The van der Waals surface area contributed by atoms with Crippen molar-refractivity contribution < 1.29 is 9.90 Å². The van der Waals surface area contributed by atoms with Crippen LogP contribution in [0.15, 0.2) is 6.20 Å². The fraction of sp³-hybridized carbons (Fsp3) is 0.400. The highest BCUT2D eigenvalue weighted by atomic mass is 32.1. The Morgan fingerprint density at radius 2 is 2.58 bits per heavy atom. The minimum absolute atomic E-state index is 0.204. The molecule has 1 radical (unpaired) electrons. The maximum Gasteiger partial charge on any atom is 0.450 e. The molecule has 0 aliphatic carbocycles. The van der Waals surface area contributed by atoms with Crippen LogP contribution in [0.3, 0.4) is 0 Å². The molecular weight excluding hydrogens is 198 g/mol. The largest absolute Gasteiger partial charge is 0.450 e. The van der Waals surface area contributed by atoms with E-state index in [4.69, 9.17) is 0 Å². The van der Waals surface area contributed by atoms with Gasteiger partial charge in [-0.3, -0.25) is 0 Å². The maximum atomic E-state index is 9.99. The van der Waals surface area contributed by atoms with Crippen molar-refractivity contribution in [1.29, 1.82) is 0 Å². The third-order valence-electron chi connectivity index (χ3n) is 1.15. The van der Waals surface area contributed by atoms with Crippen LogP contribution in [0, 0.1) is 0 Å². The number of carbonyl (C=O) groups is 1. The van der Waals surface area contributed by atoms with Gasteiger partial charge in [0.15, 0.2) is 0 Å². The monoisotopic (exact) mass is 204 g/mol. The van der Waals surface area contributed by atoms with Gasteiger partial charge in [0, 0.05) is 6.54 Å². The minimum atomic E-state index is -1.30. The van der Waals surface area contributed by atoms with Gasteiger partial charge in [-0.15, -0.1) is 5.10 Å². The molecule has 0 aliphatic rings. The van der Waals surface area contributed by atoms with E-state index in [1.165, 1.54) is 11.5 Å². The molecule has 1 N–H and O–H groups in total. The molecule has 0 fully saturated rings. The zero-order valence-corrected chi connectivity index (χ0v) is 7.64. The lowest BCUT2D eigenvalue weighted by molar-refractivity contribution is 0.169. The topological polar surface area (TPSA) is 74.8 Å². The first-order chi connectivity index (χ1) is 5.70. The van der Waals surface area contributed by atoms with Crippen molar-refractivity contribution in [2.45, 2.75) is 5.25 Å². The van der Waals surface area contributed by atoms with E-state index in [0.29, 0.717) is 0 Å². The summed E-state index contributed by atoms with van der Waals surface area (Å²) >= 11 is 5.33. The standard InChI is InChI=1S/C5H6N3O2S2/c9-5(10)6-1-3(11)4-2-7-8-12-4/h2-3,6,11H,1H2. The lowest BCUT2D eigenvalue weighted by atomic mass is 10.4. The second kappa shape index (κ2) is 4.27. The molecule has 1 rings (SSSR count). The van der Waals surface area contributed by atoms with Crippen molar-refractivity contribution in [3.8, 4) is 0 Å². The molecule has 1 amide bonds. The first-order valence-corrected chi connectivity index (χ1v) is 4.39. The van der Waals surface area contributed by atoms with Crippen LogP contribution in [0.25, 0.3) is 0 Å². The number of thiol groups is 1. The Kier molecular flexibility index (Phi) is 3.30. The van der Waals surface area contributed by atoms with E-state index in [1.807, 2.05) is 0 Å². The molecule has 0 saturated carbocycles. The number of hydrogen-bond donors (Lipinski definition) is 2. The number of nitrogens with one attached hydrogen (secondary N) is 1. The van der Waals surface area contributed by atoms with Gasteiger partial charge in [0.05, 0.1) is 16.3 Å². The summed E-state index contributed by atoms with van der Waals surface area (Å²) in [7, 11) is 0. The third kappa shape index (κ3) is 2.67. The van der Waals surface area contributed by atoms with E-state index in [9.17, 15) is 9.90 Å². The second-order valence-electron chi connectivity index (χ2n) is 2.00. The number of carbonyl (C=O) groups excluding carboxylic acids is 1. The van der Waals surface area contributed by atoms with Crippen LogP contribution >= 0.6 is 24.2 Å². The number of rotatable bonds is 3. The molecule has 12 heavy (non-hydrogen) atoms. The average molecular weight is 204 g/mol. The normalized spacial score (nSPS) is 12.4. The summed E-state index contributed by atoms with van der Waals surface area (Å²) in [6.07, 6.45) is 0.255. The predicted octanol–water partition coefficient (Wildman–Crippen LogP) is 0.649. The molecule has 0 saturated heterocycles. The highest BCUT2D eigenvalue weighted by Crippen LogP contribution is 2.20. The number of nitrogens with zero attached hydrogens (tertiary/aromatic N) is 2. The number of aromatic nitrogens is 2. The highest BCUT2D eigenvalue weighted by Gasteiger charge is 2.10. The lowest BCUT2D eigenvalue weighted by Gasteiger charge is -2.04. The highest BCUT2D eigenvalue weighted by molar-refractivity contribution is 7.80. The zero-order chi connectivity index (χ0) is 8.97. The molecule has 0 aromatic carbocycles. The molecular formula is C5H6N3O2S2. The van der Waals surface area contributed by atoms with E-state index in [0.717, 1.165) is 4.88 Å². The van der Waals surface area contributed by atoms with Crippen molar-refractivity contribution in [2.75, 3.05) is 6.54 Å². The molecule has 65 valence electrons. The van der Waals surface area contributed by atoms with Crippen LogP contribution in [0.4, 0.5) is 4.79 Å². The number of hydrogen-bond acceptors (Lipinski definition) is 5. The van der Waals surface area contributed by atoms with Crippen molar-refractivity contribution in [3.05, 3.63) is 11.1 Å². The van der Waals surface area contributed by atoms with E-state index in [1.54, 1.807) is 6.20 Å². The van der Waals surface area contributed by atoms with Gasteiger partial charge in [0.25, 0.3) is 0 Å². The summed E-state index contributed by atoms with van der Waals surface area (Å²) in [5, 5.41) is 15.5. The molecule has 5 nitrogen and oxygen atoms in total. The number of amides is 1. The van der Waals surface area contributed by atoms with Crippen LogP contribution in [-0.2, 0) is 5.11 Å². The van der Waals surface area contributed by atoms with Gasteiger partial charge in [-0.2, -0.15) is 12.6 Å². The first kappa shape index (κ1) is 9.27. The Hall–Kier alpha value is -0.820. The average Bonchev–Trinajstić information content (AvgIpc) is 2.51. The summed E-state index contributed by atoms with van der Waals surface area (Å²) in [4.78, 5) is 10.8. The molecule has 7 heteroatoms. The molecule has 1 aromatic heterocycles. The van der Waals surface area contributed by atoms with Crippen molar-refractivity contribution in [1.82, 2.24) is 14.9 Å². The molecule has 1 unspecified atom stereocenters. The van der Waals surface area contributed by atoms with E-state index >= 15 is 0 Å². The van der Waals surface area contributed by atoms with Crippen LogP contribution in [0.1, 0.15) is 10.1 Å². The summed E-state index contributed by atoms with van der Waals surface area (Å²) in [5.41, 5.74) is 0. The first-order valence-electron chi connectivity index (χ1n) is 3.10. The van der Waals surface area contributed by atoms with Crippen molar-refractivity contribution >= 4 is 30.3 Å². The molecule has 0 spiro atoms. The van der Waals surface area contributed by atoms with Gasteiger partial charge in [-0.1, -0.05) is 4.49 Å². The van der Waals surface area contributed by atoms with Gasteiger partial charge in [0.2, 0.25) is 0 Å². The Morgan fingerprint density at radius 3 is 3.08 bits per heavy atom. The summed E-state index contributed by atoms with van der Waals surface area (Å²) in [6.45, 7) is 0.204. The third-order valence-corrected chi connectivity index (χ3v) is 2.56. The SMILES string of the molecule is [O]C(=O)NCC(S)c1cnns1. The second-order valence-corrected chi connectivity index (χ2v) is 3.44. The van der Waals surface area contributed by atoms with Crippen LogP contribution in [0.2, 0.25) is 0 Å². The van der Waals surface area contributed by atoms with Gasteiger partial charge in [-0.05, 0) is 11.5 Å². The van der Waals surface area contributed by atoms with Crippen molar-refractivity contribution in [2.24, 2.45) is 0 Å². The van der Waals surface area contributed by atoms with Gasteiger partial charge in [-0.25, -0.2) is 9.90 Å². The summed E-state index contributed by atoms with van der Waals surface area (Å²) in [5.74, 6) is 0. The maximum absolute atomic E-state index is 9.99. The van der Waals surface area contributed by atoms with Crippen LogP contribution in [0.5, 0.6) is 0 Å². The molecule has 0 bridgehead atoms. The summed E-state index contributed by atoms with van der Waals surface area (Å²) < 4.78 is 3.62. The molecule has 1 aromatic rings. The zero-order valence-electron chi connectivity index (χ0n) is 5.93. The Morgan fingerprint density at radius 1 is 1.83 bits per heavy atom. The fourth-order valence-electron chi connectivity index (χ4n) is 0.602.